The standard InChI is InChI=1S/C23H17NO8S/c1-12-15(4-3-5-16(12)21(26)27)17-8-6-13(31-17)10-19-20(25)24(23(29)33-19)11-14-7-9-18(32-14)22(28)30-2/h3-10H,11H2,1-2H3,(H,26,27)/b19-10+. The number of furan rings is 2. The number of carboxylic acids is 1. The molecular weight excluding hydrogens is 450 g/mol. The van der Waals surface area contributed by atoms with Crippen molar-refractivity contribution in [3.05, 3.63) is 75.8 Å². The van der Waals surface area contributed by atoms with Gasteiger partial charge in [0.1, 0.15) is 17.3 Å². The van der Waals surface area contributed by atoms with Crippen LogP contribution in [0.3, 0.4) is 0 Å². The summed E-state index contributed by atoms with van der Waals surface area (Å²) >= 11 is 0.756. The lowest BCUT2D eigenvalue weighted by atomic mass is 10.0. The number of nitrogens with zero attached hydrogens (tertiary/aromatic N) is 1. The predicted octanol–water partition coefficient (Wildman–Crippen LogP) is 4.57. The molecule has 9 nitrogen and oxygen atoms in total. The number of imide groups is 1. The highest BCUT2D eigenvalue weighted by atomic mass is 32.2. The highest BCUT2D eigenvalue weighted by molar-refractivity contribution is 8.18. The summed E-state index contributed by atoms with van der Waals surface area (Å²) in [5, 5.41) is 8.82. The second kappa shape index (κ2) is 8.83. The number of hydrogen-bond acceptors (Lipinski definition) is 8. The summed E-state index contributed by atoms with van der Waals surface area (Å²) in [6.45, 7) is 1.55. The Balaban J connectivity index is 1.53. The summed E-state index contributed by atoms with van der Waals surface area (Å²) in [4.78, 5) is 49.2. The largest absolute Gasteiger partial charge is 0.478 e. The van der Waals surface area contributed by atoms with Gasteiger partial charge in [-0.05, 0) is 54.6 Å². The first-order valence-corrected chi connectivity index (χ1v) is 10.5. The average Bonchev–Trinajstić information content (AvgIpc) is 3.50. The van der Waals surface area contributed by atoms with Gasteiger partial charge in [0.05, 0.1) is 24.1 Å². The van der Waals surface area contributed by atoms with Crippen LogP contribution in [0.25, 0.3) is 17.4 Å². The lowest BCUT2D eigenvalue weighted by Crippen LogP contribution is -2.27. The van der Waals surface area contributed by atoms with Crippen LogP contribution >= 0.6 is 11.8 Å². The molecule has 1 aliphatic heterocycles. The Bertz CT molecular complexity index is 1320. The van der Waals surface area contributed by atoms with Crippen molar-refractivity contribution < 1.29 is 37.9 Å². The zero-order chi connectivity index (χ0) is 23.7. The first-order valence-electron chi connectivity index (χ1n) is 9.64. The third-order valence-electron chi connectivity index (χ3n) is 4.97. The molecule has 3 aromatic rings. The summed E-state index contributed by atoms with van der Waals surface area (Å²) in [6, 6.07) is 11.1. The van der Waals surface area contributed by atoms with E-state index in [1.165, 1.54) is 31.4 Å². The number of thioether (sulfide) groups is 1. The summed E-state index contributed by atoms with van der Waals surface area (Å²) < 4.78 is 15.7. The lowest BCUT2D eigenvalue weighted by Gasteiger charge is -2.09. The van der Waals surface area contributed by atoms with Gasteiger partial charge in [-0.1, -0.05) is 12.1 Å². The molecule has 3 heterocycles. The quantitative estimate of drug-likeness (QED) is 0.409. The van der Waals surface area contributed by atoms with Crippen LogP contribution in [0, 0.1) is 6.92 Å². The molecule has 1 aliphatic rings. The number of ether oxygens (including phenoxy) is 1. The van der Waals surface area contributed by atoms with Gasteiger partial charge in [0.15, 0.2) is 0 Å². The fourth-order valence-electron chi connectivity index (χ4n) is 3.30. The zero-order valence-corrected chi connectivity index (χ0v) is 18.3. The van der Waals surface area contributed by atoms with E-state index >= 15 is 0 Å². The number of aromatic carboxylic acids is 1. The first-order chi connectivity index (χ1) is 15.8. The molecule has 1 aromatic carbocycles. The molecule has 0 saturated carbocycles. The van der Waals surface area contributed by atoms with Crippen molar-refractivity contribution in [2.45, 2.75) is 13.5 Å². The predicted molar refractivity (Wildman–Crippen MR) is 117 cm³/mol. The molecule has 1 N–H and O–H groups in total. The molecule has 1 fully saturated rings. The smallest absolute Gasteiger partial charge is 0.373 e. The van der Waals surface area contributed by atoms with Gasteiger partial charge in [-0.3, -0.25) is 14.5 Å². The summed E-state index contributed by atoms with van der Waals surface area (Å²) in [5.74, 6) is -1.22. The maximum absolute atomic E-state index is 12.7. The van der Waals surface area contributed by atoms with E-state index in [0.29, 0.717) is 22.6 Å². The van der Waals surface area contributed by atoms with Crippen molar-refractivity contribution in [1.82, 2.24) is 4.90 Å². The van der Waals surface area contributed by atoms with Crippen LogP contribution in [0.4, 0.5) is 4.79 Å². The number of carboxylic acid groups (broad SMARTS) is 1. The summed E-state index contributed by atoms with van der Waals surface area (Å²) in [6.07, 6.45) is 1.45. The highest BCUT2D eigenvalue weighted by Crippen LogP contribution is 2.35. The molecule has 10 heteroatoms. The van der Waals surface area contributed by atoms with Crippen molar-refractivity contribution in [2.24, 2.45) is 0 Å². The molecule has 0 aliphatic carbocycles. The summed E-state index contributed by atoms with van der Waals surface area (Å²) in [7, 11) is 1.22. The second-order valence-corrected chi connectivity index (χ2v) is 8.00. The van der Waals surface area contributed by atoms with Crippen LogP contribution in [0.5, 0.6) is 0 Å². The Morgan fingerprint density at radius 2 is 1.91 bits per heavy atom. The van der Waals surface area contributed by atoms with Crippen molar-refractivity contribution in [3.8, 4) is 11.3 Å². The monoisotopic (exact) mass is 467 g/mol. The minimum Gasteiger partial charge on any atom is -0.478 e. The fraction of sp³-hybridized carbons (Fsp3) is 0.130. The van der Waals surface area contributed by atoms with Crippen LogP contribution in [0.1, 0.15) is 38.0 Å². The molecule has 0 unspecified atom stereocenters. The molecule has 0 radical (unpaired) electrons. The van der Waals surface area contributed by atoms with Crippen molar-refractivity contribution in [2.75, 3.05) is 7.11 Å². The van der Waals surface area contributed by atoms with Crippen LogP contribution in [-0.2, 0) is 16.1 Å². The Labute approximate surface area is 191 Å². The molecule has 168 valence electrons. The summed E-state index contributed by atoms with van der Waals surface area (Å²) in [5.41, 5.74) is 1.33. The van der Waals surface area contributed by atoms with E-state index in [2.05, 4.69) is 4.74 Å². The second-order valence-electron chi connectivity index (χ2n) is 7.01. The Kier molecular flexibility index (Phi) is 5.93. The minimum atomic E-state index is -1.04. The number of carbonyl (C=O) groups excluding carboxylic acids is 3. The van der Waals surface area contributed by atoms with Gasteiger partial charge in [-0.2, -0.15) is 0 Å². The van der Waals surface area contributed by atoms with E-state index in [1.807, 2.05) is 0 Å². The van der Waals surface area contributed by atoms with Gasteiger partial charge < -0.3 is 18.7 Å². The molecular formula is C23H17NO8S. The molecule has 1 saturated heterocycles. The minimum absolute atomic E-state index is 0.0274. The van der Waals surface area contributed by atoms with Crippen molar-refractivity contribution >= 4 is 40.9 Å². The topological polar surface area (TPSA) is 127 Å². The van der Waals surface area contributed by atoms with E-state index in [-0.39, 0.29) is 28.5 Å². The molecule has 0 atom stereocenters. The Morgan fingerprint density at radius 3 is 2.64 bits per heavy atom. The van der Waals surface area contributed by atoms with Crippen molar-refractivity contribution in [1.29, 1.82) is 0 Å². The van der Waals surface area contributed by atoms with Gasteiger partial charge in [0.2, 0.25) is 5.76 Å². The number of hydrogen-bond donors (Lipinski definition) is 1. The molecule has 33 heavy (non-hydrogen) atoms. The van der Waals surface area contributed by atoms with Gasteiger partial charge >= 0.3 is 11.9 Å². The van der Waals surface area contributed by atoms with Gasteiger partial charge in [-0.25, -0.2) is 9.59 Å². The third-order valence-corrected chi connectivity index (χ3v) is 5.87. The Hall–Kier alpha value is -4.05. The average molecular weight is 467 g/mol. The third kappa shape index (κ3) is 4.33. The maximum Gasteiger partial charge on any atom is 0.373 e. The fourth-order valence-corrected chi connectivity index (χ4v) is 4.12. The van der Waals surface area contributed by atoms with Crippen LogP contribution in [0.2, 0.25) is 0 Å². The normalized spacial score (nSPS) is 14.8. The lowest BCUT2D eigenvalue weighted by molar-refractivity contribution is -0.123. The van der Waals surface area contributed by atoms with Crippen LogP contribution in [0.15, 0.2) is 56.2 Å². The number of amides is 2. The van der Waals surface area contributed by atoms with Crippen LogP contribution < -0.4 is 0 Å². The van der Waals surface area contributed by atoms with Crippen molar-refractivity contribution in [3.63, 3.8) is 0 Å². The first kappa shape index (κ1) is 22.2. The zero-order valence-electron chi connectivity index (χ0n) is 17.5. The van der Waals surface area contributed by atoms with Gasteiger partial charge in [0.25, 0.3) is 11.1 Å². The number of esters is 1. The van der Waals surface area contributed by atoms with Gasteiger partial charge in [0, 0.05) is 11.6 Å². The molecule has 2 amide bonds. The van der Waals surface area contributed by atoms with E-state index < -0.39 is 23.1 Å². The number of carbonyl (C=O) groups is 4. The molecule has 2 aromatic heterocycles. The Morgan fingerprint density at radius 1 is 1.12 bits per heavy atom. The van der Waals surface area contributed by atoms with E-state index in [0.717, 1.165) is 16.7 Å². The number of benzene rings is 1. The van der Waals surface area contributed by atoms with E-state index in [1.54, 1.807) is 31.2 Å². The molecule has 0 bridgehead atoms. The molecule has 0 spiro atoms. The van der Waals surface area contributed by atoms with Gasteiger partial charge in [-0.15, -0.1) is 0 Å². The highest BCUT2D eigenvalue weighted by Gasteiger charge is 2.36. The molecule has 4 rings (SSSR count). The maximum atomic E-state index is 12.7. The number of methoxy groups -OCH3 is 1. The number of rotatable bonds is 6. The van der Waals surface area contributed by atoms with Crippen LogP contribution in [-0.4, -0.2) is 40.2 Å². The van der Waals surface area contributed by atoms with E-state index in [4.69, 9.17) is 8.83 Å². The SMILES string of the molecule is COC(=O)c1ccc(CN2C(=O)S/C(=C/c3ccc(-c4cccc(C(=O)O)c4C)o3)C2=O)o1. The van der Waals surface area contributed by atoms with E-state index in [9.17, 15) is 24.3 Å².